The summed E-state index contributed by atoms with van der Waals surface area (Å²) in [6.45, 7) is 0. The second-order valence-electron chi connectivity index (χ2n) is 4.40. The number of aryl methyl sites for hydroxylation is 1. The van der Waals surface area contributed by atoms with E-state index in [1.165, 1.54) is 4.88 Å². The maximum absolute atomic E-state index is 10.8. The van der Waals surface area contributed by atoms with Crippen LogP contribution in [0.3, 0.4) is 0 Å². The second kappa shape index (κ2) is 4.49. The summed E-state index contributed by atoms with van der Waals surface area (Å²) in [5.74, 6) is -0.657. The van der Waals surface area contributed by atoms with Crippen LogP contribution in [0.15, 0.2) is 24.5 Å². The molecule has 0 aromatic carbocycles. The zero-order valence-electron chi connectivity index (χ0n) is 9.67. The summed E-state index contributed by atoms with van der Waals surface area (Å²) in [6, 6.07) is 3.86. The maximum atomic E-state index is 10.8. The Hall–Kier alpha value is -1.75. The van der Waals surface area contributed by atoms with Gasteiger partial charge in [-0.15, -0.1) is 11.3 Å². The van der Waals surface area contributed by atoms with Crippen LogP contribution in [0.2, 0.25) is 0 Å². The third-order valence-corrected chi connectivity index (χ3v) is 4.36. The summed E-state index contributed by atoms with van der Waals surface area (Å²) in [6.07, 6.45) is 5.55. The van der Waals surface area contributed by atoms with Crippen LogP contribution in [0.4, 0.5) is 0 Å². The van der Waals surface area contributed by atoms with Gasteiger partial charge >= 0.3 is 5.97 Å². The largest absolute Gasteiger partial charge is 0.481 e. The first-order valence-electron chi connectivity index (χ1n) is 5.86. The van der Waals surface area contributed by atoms with Crippen LogP contribution in [-0.4, -0.2) is 21.0 Å². The SMILES string of the molecule is O=C(O)CC1CCc2sc(-c3ccncc3)nc21. The van der Waals surface area contributed by atoms with Gasteiger partial charge in [-0.3, -0.25) is 9.78 Å². The van der Waals surface area contributed by atoms with Crippen LogP contribution in [0.1, 0.15) is 29.3 Å². The van der Waals surface area contributed by atoms with Crippen LogP contribution in [-0.2, 0) is 11.2 Å². The highest BCUT2D eigenvalue weighted by atomic mass is 32.1. The molecule has 0 spiro atoms. The molecule has 4 nitrogen and oxygen atoms in total. The summed E-state index contributed by atoms with van der Waals surface area (Å²) in [7, 11) is 0. The quantitative estimate of drug-likeness (QED) is 0.921. The predicted molar refractivity (Wildman–Crippen MR) is 68.7 cm³/mol. The van der Waals surface area contributed by atoms with E-state index < -0.39 is 5.97 Å². The summed E-state index contributed by atoms with van der Waals surface area (Å²) in [4.78, 5) is 20.7. The Morgan fingerprint density at radius 3 is 2.94 bits per heavy atom. The average molecular weight is 260 g/mol. The van der Waals surface area contributed by atoms with Gasteiger partial charge in [-0.05, 0) is 25.0 Å². The number of rotatable bonds is 3. The molecule has 0 saturated carbocycles. The van der Waals surface area contributed by atoms with Gasteiger partial charge < -0.3 is 5.11 Å². The van der Waals surface area contributed by atoms with Crippen molar-refractivity contribution in [2.24, 2.45) is 0 Å². The van der Waals surface area contributed by atoms with Crippen LogP contribution >= 0.6 is 11.3 Å². The molecule has 5 heteroatoms. The Kier molecular flexibility index (Phi) is 2.83. The van der Waals surface area contributed by atoms with E-state index in [1.807, 2.05) is 12.1 Å². The Morgan fingerprint density at radius 2 is 2.22 bits per heavy atom. The van der Waals surface area contributed by atoms with Crippen molar-refractivity contribution in [3.8, 4) is 10.6 Å². The number of thiazole rings is 1. The number of aliphatic carboxylic acids is 1. The van der Waals surface area contributed by atoms with Crippen LogP contribution in [0.25, 0.3) is 10.6 Å². The topological polar surface area (TPSA) is 63.1 Å². The molecule has 2 aromatic heterocycles. The molecular formula is C13H12N2O2S. The average Bonchev–Trinajstić information content (AvgIpc) is 2.92. The summed E-state index contributed by atoms with van der Waals surface area (Å²) in [5.41, 5.74) is 2.05. The van der Waals surface area contributed by atoms with Crippen molar-refractivity contribution >= 4 is 17.3 Å². The van der Waals surface area contributed by atoms with Crippen molar-refractivity contribution in [1.29, 1.82) is 0 Å². The molecule has 1 atom stereocenters. The second-order valence-corrected chi connectivity index (χ2v) is 5.48. The minimum Gasteiger partial charge on any atom is -0.481 e. The molecule has 0 saturated heterocycles. The Morgan fingerprint density at radius 1 is 1.44 bits per heavy atom. The summed E-state index contributed by atoms with van der Waals surface area (Å²) in [5, 5.41) is 9.86. The standard InChI is InChI=1S/C13H12N2O2S/c16-11(17)7-9-1-2-10-12(9)15-13(18-10)8-3-5-14-6-4-8/h3-6,9H,1-2,7H2,(H,16,17). The minimum atomic E-state index is -0.744. The van der Waals surface area contributed by atoms with Crippen molar-refractivity contribution in [3.05, 3.63) is 35.1 Å². The third kappa shape index (κ3) is 2.01. The number of nitrogens with zero attached hydrogens (tertiary/aromatic N) is 2. The molecule has 1 aliphatic rings. The van der Waals surface area contributed by atoms with E-state index in [0.29, 0.717) is 0 Å². The lowest BCUT2D eigenvalue weighted by molar-refractivity contribution is -0.137. The van der Waals surface area contributed by atoms with Crippen molar-refractivity contribution < 1.29 is 9.90 Å². The fraction of sp³-hybridized carbons (Fsp3) is 0.308. The molecule has 1 aliphatic carbocycles. The lowest BCUT2D eigenvalue weighted by atomic mass is 10.0. The molecule has 1 N–H and O–H groups in total. The molecule has 3 rings (SSSR count). The summed E-state index contributed by atoms with van der Waals surface area (Å²) < 4.78 is 0. The normalized spacial score (nSPS) is 17.7. The first-order valence-corrected chi connectivity index (χ1v) is 6.67. The molecule has 1 unspecified atom stereocenters. The van der Waals surface area contributed by atoms with E-state index in [4.69, 9.17) is 5.11 Å². The Labute approximate surface area is 108 Å². The number of aromatic nitrogens is 2. The number of carboxylic acids is 1. The Bertz CT molecular complexity index is 580. The smallest absolute Gasteiger partial charge is 0.304 e. The van der Waals surface area contributed by atoms with Gasteiger partial charge in [0.25, 0.3) is 0 Å². The number of pyridine rings is 1. The summed E-state index contributed by atoms with van der Waals surface area (Å²) >= 11 is 1.67. The van der Waals surface area contributed by atoms with E-state index >= 15 is 0 Å². The van der Waals surface area contributed by atoms with E-state index in [1.54, 1.807) is 23.7 Å². The number of hydrogen-bond donors (Lipinski definition) is 1. The molecule has 2 heterocycles. The van der Waals surface area contributed by atoms with Crippen molar-refractivity contribution in [3.63, 3.8) is 0 Å². The number of carboxylic acid groups (broad SMARTS) is 1. The molecule has 92 valence electrons. The van der Waals surface area contributed by atoms with Gasteiger partial charge in [-0.2, -0.15) is 0 Å². The van der Waals surface area contributed by atoms with Crippen LogP contribution < -0.4 is 0 Å². The predicted octanol–water partition coefficient (Wildman–Crippen LogP) is 2.71. The molecule has 2 aromatic rings. The molecule has 0 amide bonds. The van der Waals surface area contributed by atoms with Gasteiger partial charge in [-0.1, -0.05) is 0 Å². The zero-order valence-corrected chi connectivity index (χ0v) is 10.5. The van der Waals surface area contributed by atoms with Crippen molar-refractivity contribution in [1.82, 2.24) is 9.97 Å². The van der Waals surface area contributed by atoms with Gasteiger partial charge in [0.05, 0.1) is 12.1 Å². The number of fused-ring (bicyclic) bond motifs is 1. The molecule has 0 radical (unpaired) electrons. The highest BCUT2D eigenvalue weighted by molar-refractivity contribution is 7.15. The lowest BCUT2D eigenvalue weighted by Gasteiger charge is -2.04. The first-order chi connectivity index (χ1) is 8.74. The number of carbonyl (C=O) groups is 1. The third-order valence-electron chi connectivity index (χ3n) is 3.18. The van der Waals surface area contributed by atoms with Crippen molar-refractivity contribution in [2.45, 2.75) is 25.2 Å². The monoisotopic (exact) mass is 260 g/mol. The van der Waals surface area contributed by atoms with Gasteiger partial charge in [0, 0.05) is 28.8 Å². The highest BCUT2D eigenvalue weighted by Crippen LogP contribution is 2.40. The molecule has 0 aliphatic heterocycles. The first kappa shape index (κ1) is 11.3. The highest BCUT2D eigenvalue weighted by Gasteiger charge is 2.28. The fourth-order valence-corrected chi connectivity index (χ4v) is 3.50. The zero-order chi connectivity index (χ0) is 12.5. The number of hydrogen-bond acceptors (Lipinski definition) is 4. The molecular weight excluding hydrogens is 248 g/mol. The van der Waals surface area contributed by atoms with Gasteiger partial charge in [0.2, 0.25) is 0 Å². The Balaban J connectivity index is 1.92. The lowest BCUT2D eigenvalue weighted by Crippen LogP contribution is -2.03. The maximum Gasteiger partial charge on any atom is 0.304 e. The molecule has 18 heavy (non-hydrogen) atoms. The van der Waals surface area contributed by atoms with Crippen molar-refractivity contribution in [2.75, 3.05) is 0 Å². The van der Waals surface area contributed by atoms with E-state index in [0.717, 1.165) is 29.1 Å². The van der Waals surface area contributed by atoms with Gasteiger partial charge in [0.1, 0.15) is 5.01 Å². The minimum absolute atomic E-state index is 0.0873. The molecule has 0 bridgehead atoms. The van der Waals surface area contributed by atoms with Gasteiger partial charge in [0.15, 0.2) is 0 Å². The molecule has 0 fully saturated rings. The van der Waals surface area contributed by atoms with Crippen LogP contribution in [0.5, 0.6) is 0 Å². The van der Waals surface area contributed by atoms with E-state index in [-0.39, 0.29) is 12.3 Å². The van der Waals surface area contributed by atoms with Crippen LogP contribution in [0, 0.1) is 0 Å². The van der Waals surface area contributed by atoms with E-state index in [9.17, 15) is 4.79 Å². The van der Waals surface area contributed by atoms with Gasteiger partial charge in [-0.25, -0.2) is 4.98 Å². The fourth-order valence-electron chi connectivity index (χ4n) is 2.33. The van der Waals surface area contributed by atoms with E-state index in [2.05, 4.69) is 9.97 Å².